The predicted octanol–water partition coefficient (Wildman–Crippen LogP) is 2.58. The summed E-state index contributed by atoms with van der Waals surface area (Å²) in [7, 11) is -3.66. The van der Waals surface area contributed by atoms with Crippen LogP contribution in [-0.4, -0.2) is 52.3 Å². The molecule has 2 aromatic carbocycles. The Bertz CT molecular complexity index is 1470. The Kier molecular flexibility index (Phi) is 5.74. The summed E-state index contributed by atoms with van der Waals surface area (Å²) in [4.78, 5) is 14.1. The quantitative estimate of drug-likeness (QED) is 0.428. The van der Waals surface area contributed by atoms with Crippen molar-refractivity contribution in [2.45, 2.75) is 31.2 Å². The van der Waals surface area contributed by atoms with Crippen LogP contribution in [-0.2, 0) is 16.4 Å². The molecular weight excluding hydrogens is 458 g/mol. The zero-order valence-corrected chi connectivity index (χ0v) is 19.7. The second-order valence-electron chi connectivity index (χ2n) is 8.40. The molecule has 0 bridgehead atoms. The first-order valence-electron chi connectivity index (χ1n) is 11.1. The molecule has 0 saturated carbocycles. The molecule has 2 aromatic heterocycles. The summed E-state index contributed by atoms with van der Waals surface area (Å²) >= 11 is 0. The molecular formula is C23H25N5O5S. The SMILES string of the molecule is CCOc1ccc(S(=O)(=O)N2C[C@@H](C)[C@@H](n3nc(Cc4noc(=O)[nH]4)c4ccccc43)C2)cc1. The second-order valence-corrected chi connectivity index (χ2v) is 10.3. The Morgan fingerprint density at radius 3 is 2.62 bits per heavy atom. The van der Waals surface area contributed by atoms with Crippen LogP contribution in [0.5, 0.6) is 5.75 Å². The van der Waals surface area contributed by atoms with E-state index in [4.69, 9.17) is 9.84 Å². The fraction of sp³-hybridized carbons (Fsp3) is 0.348. The van der Waals surface area contributed by atoms with Gasteiger partial charge in [-0.25, -0.2) is 13.2 Å². The van der Waals surface area contributed by atoms with E-state index in [2.05, 4.69) is 14.7 Å². The fourth-order valence-electron chi connectivity index (χ4n) is 4.48. The zero-order valence-electron chi connectivity index (χ0n) is 18.8. The van der Waals surface area contributed by atoms with Crippen LogP contribution in [0.1, 0.15) is 31.4 Å². The molecule has 2 atom stereocenters. The van der Waals surface area contributed by atoms with Gasteiger partial charge >= 0.3 is 5.76 Å². The third kappa shape index (κ3) is 4.01. The van der Waals surface area contributed by atoms with Crippen LogP contribution in [0.3, 0.4) is 0 Å². The number of rotatable bonds is 7. The first kappa shape index (κ1) is 22.4. The highest BCUT2D eigenvalue weighted by Crippen LogP contribution is 2.35. The molecule has 1 aliphatic rings. The molecule has 0 unspecified atom stereocenters. The standard InChI is InChI=1S/C23H25N5O5S/c1-3-32-16-8-10-17(11-9-16)34(30,31)27-13-15(2)21(14-27)28-20-7-5-4-6-18(20)19(25-28)12-22-24-23(29)33-26-22/h4-11,15,21H,3,12-14H2,1-2H3,(H,24,26,29)/t15-,21+/m1/s1. The van der Waals surface area contributed by atoms with E-state index in [0.717, 1.165) is 16.6 Å². The van der Waals surface area contributed by atoms with Crippen LogP contribution in [0, 0.1) is 5.92 Å². The van der Waals surface area contributed by atoms with E-state index < -0.39 is 15.8 Å². The number of aromatic nitrogens is 4. The van der Waals surface area contributed by atoms with E-state index in [9.17, 15) is 13.2 Å². The molecule has 11 heteroatoms. The maximum absolute atomic E-state index is 13.3. The predicted molar refractivity (Wildman–Crippen MR) is 124 cm³/mol. The molecule has 34 heavy (non-hydrogen) atoms. The highest BCUT2D eigenvalue weighted by Gasteiger charge is 2.39. The number of hydrogen-bond acceptors (Lipinski definition) is 7. The van der Waals surface area contributed by atoms with E-state index in [-0.39, 0.29) is 16.9 Å². The van der Waals surface area contributed by atoms with Crippen molar-refractivity contribution in [3.8, 4) is 5.75 Å². The highest BCUT2D eigenvalue weighted by molar-refractivity contribution is 7.89. The van der Waals surface area contributed by atoms with Gasteiger partial charge in [0.15, 0.2) is 5.82 Å². The Morgan fingerprint density at radius 1 is 1.15 bits per heavy atom. The van der Waals surface area contributed by atoms with Gasteiger partial charge in [-0.15, -0.1) is 0 Å². The summed E-state index contributed by atoms with van der Waals surface area (Å²) in [5.74, 6) is 0.455. The smallest absolute Gasteiger partial charge is 0.438 e. The number of nitrogens with one attached hydrogen (secondary N) is 1. The Labute approximate surface area is 196 Å². The van der Waals surface area contributed by atoms with Gasteiger partial charge in [-0.05, 0) is 43.2 Å². The minimum atomic E-state index is -3.66. The van der Waals surface area contributed by atoms with E-state index >= 15 is 0 Å². The third-order valence-electron chi connectivity index (χ3n) is 6.14. The molecule has 0 amide bonds. The first-order valence-corrected chi connectivity index (χ1v) is 12.5. The summed E-state index contributed by atoms with van der Waals surface area (Å²) < 4.78 is 40.1. The number of benzene rings is 2. The molecule has 1 fully saturated rings. The molecule has 0 radical (unpaired) electrons. The molecule has 0 aliphatic carbocycles. The lowest BCUT2D eigenvalue weighted by molar-refractivity contribution is 0.340. The maximum atomic E-state index is 13.3. The van der Waals surface area contributed by atoms with Gasteiger partial charge in [0.05, 0.1) is 35.2 Å². The van der Waals surface area contributed by atoms with E-state index in [0.29, 0.717) is 37.7 Å². The topological polar surface area (TPSA) is 123 Å². The van der Waals surface area contributed by atoms with Gasteiger partial charge in [-0.3, -0.25) is 14.2 Å². The van der Waals surface area contributed by atoms with Gasteiger partial charge in [-0.1, -0.05) is 30.3 Å². The van der Waals surface area contributed by atoms with Crippen molar-refractivity contribution in [3.05, 3.63) is 70.6 Å². The molecule has 178 valence electrons. The first-order chi connectivity index (χ1) is 16.4. The molecule has 1 aliphatic heterocycles. The molecule has 10 nitrogen and oxygen atoms in total. The van der Waals surface area contributed by atoms with Crippen LogP contribution in [0.15, 0.2) is 62.7 Å². The number of sulfonamides is 1. The number of ether oxygens (including phenoxy) is 1. The minimum absolute atomic E-state index is 0.0421. The molecule has 3 heterocycles. The van der Waals surface area contributed by atoms with Crippen LogP contribution in [0.4, 0.5) is 0 Å². The highest BCUT2D eigenvalue weighted by atomic mass is 32.2. The van der Waals surface area contributed by atoms with Crippen LogP contribution in [0.2, 0.25) is 0 Å². The van der Waals surface area contributed by atoms with Gasteiger partial charge in [0.2, 0.25) is 10.0 Å². The summed E-state index contributed by atoms with van der Waals surface area (Å²) in [5, 5.41) is 9.49. The lowest BCUT2D eigenvalue weighted by Gasteiger charge is -2.18. The van der Waals surface area contributed by atoms with E-state index in [1.165, 1.54) is 4.31 Å². The molecule has 1 saturated heterocycles. The molecule has 4 aromatic rings. The normalized spacial score (nSPS) is 19.1. The van der Waals surface area contributed by atoms with Gasteiger partial charge in [0, 0.05) is 18.5 Å². The average molecular weight is 484 g/mol. The van der Waals surface area contributed by atoms with Crippen LogP contribution >= 0.6 is 0 Å². The molecule has 0 spiro atoms. The third-order valence-corrected chi connectivity index (χ3v) is 7.98. The zero-order chi connectivity index (χ0) is 23.9. The van der Waals surface area contributed by atoms with Crippen LogP contribution in [0.25, 0.3) is 10.9 Å². The summed E-state index contributed by atoms with van der Waals surface area (Å²) in [6.07, 6.45) is 0.300. The number of nitrogens with zero attached hydrogens (tertiary/aromatic N) is 4. The van der Waals surface area contributed by atoms with E-state index in [1.54, 1.807) is 24.3 Å². The van der Waals surface area contributed by atoms with Crippen LogP contribution < -0.4 is 10.5 Å². The van der Waals surface area contributed by atoms with Crippen molar-refractivity contribution in [3.63, 3.8) is 0 Å². The summed E-state index contributed by atoms with van der Waals surface area (Å²) in [6.45, 7) is 5.13. The lowest BCUT2D eigenvalue weighted by Crippen LogP contribution is -2.29. The van der Waals surface area contributed by atoms with Crippen molar-refractivity contribution >= 4 is 20.9 Å². The van der Waals surface area contributed by atoms with Gasteiger partial charge < -0.3 is 4.74 Å². The number of hydrogen-bond donors (Lipinski definition) is 1. The number of para-hydroxylation sites is 1. The maximum Gasteiger partial charge on any atom is 0.438 e. The minimum Gasteiger partial charge on any atom is -0.494 e. The number of aromatic amines is 1. The fourth-order valence-corrected chi connectivity index (χ4v) is 6.04. The van der Waals surface area contributed by atoms with Gasteiger partial charge in [0.1, 0.15) is 5.75 Å². The largest absolute Gasteiger partial charge is 0.494 e. The van der Waals surface area contributed by atoms with Crippen molar-refractivity contribution in [2.75, 3.05) is 19.7 Å². The Morgan fingerprint density at radius 2 is 1.91 bits per heavy atom. The average Bonchev–Trinajstić information content (AvgIpc) is 3.52. The lowest BCUT2D eigenvalue weighted by atomic mass is 10.1. The van der Waals surface area contributed by atoms with Crippen molar-refractivity contribution < 1.29 is 17.7 Å². The second kappa shape index (κ2) is 8.73. The number of fused-ring (bicyclic) bond motifs is 1. The van der Waals surface area contributed by atoms with Gasteiger partial charge in [-0.2, -0.15) is 9.40 Å². The summed E-state index contributed by atoms with van der Waals surface area (Å²) in [5.41, 5.74) is 1.64. The van der Waals surface area contributed by atoms with Crippen molar-refractivity contribution in [1.82, 2.24) is 24.2 Å². The van der Waals surface area contributed by atoms with Crippen molar-refractivity contribution in [2.24, 2.45) is 5.92 Å². The van der Waals surface area contributed by atoms with Gasteiger partial charge in [0.25, 0.3) is 0 Å². The van der Waals surface area contributed by atoms with E-state index in [1.807, 2.05) is 42.8 Å². The van der Waals surface area contributed by atoms with Crippen molar-refractivity contribution in [1.29, 1.82) is 0 Å². The summed E-state index contributed by atoms with van der Waals surface area (Å²) in [6, 6.07) is 14.1. The Balaban J connectivity index is 1.44. The monoisotopic (exact) mass is 483 g/mol. The number of H-pyrrole nitrogens is 1. The molecule has 1 N–H and O–H groups in total. The Hall–Kier alpha value is -3.44. The molecule has 5 rings (SSSR count).